The van der Waals surface area contributed by atoms with Gasteiger partial charge in [0.15, 0.2) is 23.0 Å². The molecule has 2 heterocycles. The second-order valence-corrected chi connectivity index (χ2v) is 9.44. The molecule has 0 amide bonds. The third kappa shape index (κ3) is 10.8. The number of phenols is 1. The first kappa shape index (κ1) is 29.0. The summed E-state index contributed by atoms with van der Waals surface area (Å²) >= 11 is 0. The van der Waals surface area contributed by atoms with Gasteiger partial charge in [0.25, 0.3) is 0 Å². The van der Waals surface area contributed by atoms with E-state index in [0.717, 1.165) is 102 Å². The lowest BCUT2D eigenvalue weighted by molar-refractivity contribution is 0.0357. The number of morpholine rings is 2. The maximum Gasteiger partial charge on any atom is 0.161 e. The molecule has 2 fully saturated rings. The molecule has 2 saturated heterocycles. The van der Waals surface area contributed by atoms with Crippen LogP contribution in [-0.2, 0) is 9.47 Å². The van der Waals surface area contributed by atoms with Crippen molar-refractivity contribution >= 4 is 0 Å². The standard InChI is InChI=1S/C15H23NO3.C14H21NO3/c1-13-4-5-14(17-2)15(12-13)19-9-3-6-16-7-10-18-11-8-16;1-12-3-4-13(16)14(11-12)18-8-2-5-15-6-9-17-10-7-15/h4-5,12H,3,6-11H2,1-2H3;3-4,11,16H,2,5-10H2,1H3. The zero-order chi connectivity index (χ0) is 26.3. The van der Waals surface area contributed by atoms with Crippen molar-refractivity contribution < 1.29 is 28.8 Å². The zero-order valence-electron chi connectivity index (χ0n) is 22.7. The first-order chi connectivity index (χ1) is 18.0. The molecule has 8 heteroatoms. The molecule has 0 atom stereocenters. The van der Waals surface area contributed by atoms with Crippen molar-refractivity contribution in [2.75, 3.05) is 86.0 Å². The van der Waals surface area contributed by atoms with Gasteiger partial charge in [0.2, 0.25) is 0 Å². The van der Waals surface area contributed by atoms with Crippen LogP contribution in [0.5, 0.6) is 23.0 Å². The average Bonchev–Trinajstić information content (AvgIpc) is 2.92. The topological polar surface area (TPSA) is 72.9 Å². The Balaban J connectivity index is 0.000000206. The van der Waals surface area contributed by atoms with E-state index < -0.39 is 0 Å². The molecule has 2 aliphatic rings. The molecule has 0 aliphatic carbocycles. The van der Waals surface area contributed by atoms with Crippen LogP contribution in [0.4, 0.5) is 0 Å². The lowest BCUT2D eigenvalue weighted by Gasteiger charge is -2.26. The monoisotopic (exact) mass is 516 g/mol. The van der Waals surface area contributed by atoms with E-state index in [2.05, 4.69) is 16.7 Å². The van der Waals surface area contributed by atoms with E-state index in [4.69, 9.17) is 23.7 Å². The van der Waals surface area contributed by atoms with Gasteiger partial charge in [0, 0.05) is 39.3 Å². The summed E-state index contributed by atoms with van der Waals surface area (Å²) in [5.41, 5.74) is 2.28. The van der Waals surface area contributed by atoms with Crippen molar-refractivity contribution in [2.24, 2.45) is 0 Å². The quantitative estimate of drug-likeness (QED) is 0.451. The summed E-state index contributed by atoms with van der Waals surface area (Å²) in [7, 11) is 1.67. The number of ether oxygens (including phenoxy) is 5. The van der Waals surface area contributed by atoms with Crippen molar-refractivity contribution in [2.45, 2.75) is 26.7 Å². The van der Waals surface area contributed by atoms with Gasteiger partial charge in [-0.15, -0.1) is 0 Å². The largest absolute Gasteiger partial charge is 0.504 e. The lowest BCUT2D eigenvalue weighted by Crippen LogP contribution is -2.37. The minimum absolute atomic E-state index is 0.215. The third-order valence-corrected chi connectivity index (χ3v) is 6.39. The van der Waals surface area contributed by atoms with Gasteiger partial charge in [-0.05, 0) is 62.1 Å². The van der Waals surface area contributed by atoms with Crippen LogP contribution in [0.1, 0.15) is 24.0 Å². The maximum atomic E-state index is 9.63. The summed E-state index contributed by atoms with van der Waals surface area (Å²) in [6.45, 7) is 14.9. The van der Waals surface area contributed by atoms with E-state index in [1.807, 2.05) is 37.3 Å². The molecule has 0 radical (unpaired) electrons. The van der Waals surface area contributed by atoms with E-state index in [-0.39, 0.29) is 5.75 Å². The van der Waals surface area contributed by atoms with Crippen LogP contribution in [0, 0.1) is 13.8 Å². The van der Waals surface area contributed by atoms with E-state index in [1.165, 1.54) is 5.56 Å². The third-order valence-electron chi connectivity index (χ3n) is 6.39. The molecule has 8 nitrogen and oxygen atoms in total. The molecule has 0 saturated carbocycles. The second-order valence-electron chi connectivity index (χ2n) is 9.44. The number of hydrogen-bond donors (Lipinski definition) is 1. The van der Waals surface area contributed by atoms with Crippen molar-refractivity contribution in [3.05, 3.63) is 47.5 Å². The van der Waals surface area contributed by atoms with Crippen LogP contribution in [0.2, 0.25) is 0 Å². The van der Waals surface area contributed by atoms with Gasteiger partial charge in [-0.25, -0.2) is 0 Å². The summed E-state index contributed by atoms with van der Waals surface area (Å²) in [5, 5.41) is 9.63. The molecule has 2 aromatic carbocycles. The summed E-state index contributed by atoms with van der Waals surface area (Å²) in [5.74, 6) is 2.44. The summed E-state index contributed by atoms with van der Waals surface area (Å²) in [6.07, 6.45) is 1.99. The minimum Gasteiger partial charge on any atom is -0.504 e. The van der Waals surface area contributed by atoms with Crippen molar-refractivity contribution in [3.63, 3.8) is 0 Å². The number of benzene rings is 2. The van der Waals surface area contributed by atoms with Crippen molar-refractivity contribution in [3.8, 4) is 23.0 Å². The Hall–Kier alpha value is -2.52. The van der Waals surface area contributed by atoms with Crippen LogP contribution in [-0.4, -0.2) is 101 Å². The van der Waals surface area contributed by atoms with E-state index in [9.17, 15) is 5.11 Å². The van der Waals surface area contributed by atoms with Crippen LogP contribution >= 0.6 is 0 Å². The molecular weight excluding hydrogens is 472 g/mol. The fourth-order valence-corrected chi connectivity index (χ4v) is 4.22. The molecule has 0 unspecified atom stereocenters. The highest BCUT2D eigenvalue weighted by atomic mass is 16.5. The van der Waals surface area contributed by atoms with Gasteiger partial charge >= 0.3 is 0 Å². The Morgan fingerprint density at radius 1 is 0.703 bits per heavy atom. The van der Waals surface area contributed by atoms with E-state index >= 15 is 0 Å². The average molecular weight is 517 g/mol. The Labute approximate surface area is 222 Å². The Bertz CT molecular complexity index is 913. The predicted molar refractivity (Wildman–Crippen MR) is 145 cm³/mol. The first-order valence-electron chi connectivity index (χ1n) is 13.3. The molecular formula is C29H44N2O6. The Kier molecular flexibility index (Phi) is 12.8. The number of nitrogens with zero attached hydrogens (tertiary/aromatic N) is 2. The maximum absolute atomic E-state index is 9.63. The zero-order valence-corrected chi connectivity index (χ0v) is 22.7. The van der Waals surface area contributed by atoms with Crippen LogP contribution < -0.4 is 14.2 Å². The molecule has 2 aliphatic heterocycles. The smallest absolute Gasteiger partial charge is 0.161 e. The van der Waals surface area contributed by atoms with Gasteiger partial charge in [0.1, 0.15) is 0 Å². The molecule has 2 aromatic rings. The van der Waals surface area contributed by atoms with E-state index in [0.29, 0.717) is 12.4 Å². The SMILES string of the molecule is COc1ccc(C)cc1OCCCN1CCOCC1.Cc1ccc(O)c(OCCCN2CCOCC2)c1. The van der Waals surface area contributed by atoms with Gasteiger partial charge in [0.05, 0.1) is 46.8 Å². The van der Waals surface area contributed by atoms with Gasteiger partial charge in [-0.1, -0.05) is 12.1 Å². The molecule has 0 spiro atoms. The highest BCUT2D eigenvalue weighted by Gasteiger charge is 2.11. The Morgan fingerprint density at radius 3 is 1.73 bits per heavy atom. The van der Waals surface area contributed by atoms with Gasteiger partial charge < -0.3 is 28.8 Å². The number of rotatable bonds is 11. The van der Waals surface area contributed by atoms with Gasteiger partial charge in [-0.2, -0.15) is 0 Å². The fourth-order valence-electron chi connectivity index (χ4n) is 4.22. The molecule has 1 N–H and O–H groups in total. The highest BCUT2D eigenvalue weighted by Crippen LogP contribution is 2.28. The highest BCUT2D eigenvalue weighted by molar-refractivity contribution is 5.42. The number of phenolic OH excluding ortho intramolecular Hbond substituents is 1. The number of hydrogen-bond acceptors (Lipinski definition) is 8. The predicted octanol–water partition coefficient (Wildman–Crippen LogP) is 3.91. The Morgan fingerprint density at radius 2 is 1.19 bits per heavy atom. The van der Waals surface area contributed by atoms with Crippen molar-refractivity contribution in [1.82, 2.24) is 9.80 Å². The number of aromatic hydroxyl groups is 1. The molecule has 206 valence electrons. The first-order valence-corrected chi connectivity index (χ1v) is 13.3. The molecule has 37 heavy (non-hydrogen) atoms. The fraction of sp³-hybridized carbons (Fsp3) is 0.586. The number of aryl methyl sites for hydroxylation is 2. The lowest BCUT2D eigenvalue weighted by atomic mass is 10.2. The van der Waals surface area contributed by atoms with Gasteiger partial charge in [-0.3, -0.25) is 9.80 Å². The molecule has 0 bridgehead atoms. The summed E-state index contributed by atoms with van der Waals surface area (Å²) in [4.78, 5) is 4.79. The molecule has 4 rings (SSSR count). The summed E-state index contributed by atoms with van der Waals surface area (Å²) in [6, 6.07) is 11.4. The second kappa shape index (κ2) is 16.3. The van der Waals surface area contributed by atoms with Crippen LogP contribution in [0.15, 0.2) is 36.4 Å². The van der Waals surface area contributed by atoms with Crippen LogP contribution in [0.25, 0.3) is 0 Å². The summed E-state index contributed by atoms with van der Waals surface area (Å²) < 4.78 is 27.3. The van der Waals surface area contributed by atoms with Crippen LogP contribution in [0.3, 0.4) is 0 Å². The van der Waals surface area contributed by atoms with E-state index in [1.54, 1.807) is 13.2 Å². The normalized spacial score (nSPS) is 16.5. The minimum atomic E-state index is 0.215. The van der Waals surface area contributed by atoms with Crippen molar-refractivity contribution in [1.29, 1.82) is 0 Å². The molecule has 0 aromatic heterocycles. The number of methoxy groups -OCH3 is 1.